The first-order valence-corrected chi connectivity index (χ1v) is 6.97. The molecule has 0 atom stereocenters. The minimum Gasteiger partial charge on any atom is -0.312 e. The minimum atomic E-state index is 0.887. The van der Waals surface area contributed by atoms with Gasteiger partial charge in [-0.05, 0) is 12.5 Å². The Balaban J connectivity index is 2.01. The highest BCUT2D eigenvalue weighted by Crippen LogP contribution is 2.28. The van der Waals surface area contributed by atoms with Crippen molar-refractivity contribution in [3.8, 4) is 11.1 Å². The third kappa shape index (κ3) is 1.65. The van der Waals surface area contributed by atoms with E-state index < -0.39 is 0 Å². The zero-order valence-corrected chi connectivity index (χ0v) is 11.4. The molecule has 20 heavy (non-hydrogen) atoms. The lowest BCUT2D eigenvalue weighted by Gasteiger charge is -2.17. The number of hydrogen-bond donors (Lipinski definition) is 1. The molecule has 0 aliphatic carbocycles. The molecule has 1 aromatic carbocycles. The molecule has 3 heterocycles. The zero-order chi connectivity index (χ0) is 13.5. The van der Waals surface area contributed by atoms with Crippen LogP contribution in [0.3, 0.4) is 0 Å². The minimum absolute atomic E-state index is 0.887. The molecule has 0 bridgehead atoms. The van der Waals surface area contributed by atoms with E-state index in [0.717, 1.165) is 36.4 Å². The van der Waals surface area contributed by atoms with Crippen molar-refractivity contribution < 1.29 is 0 Å². The SMILES string of the molecule is Cc1nn2c3c(cnc2c1-c1ccccc1)CNCC3. The maximum Gasteiger partial charge on any atom is 0.163 e. The van der Waals surface area contributed by atoms with Gasteiger partial charge in [-0.25, -0.2) is 9.50 Å². The van der Waals surface area contributed by atoms with Crippen molar-refractivity contribution in [2.24, 2.45) is 0 Å². The van der Waals surface area contributed by atoms with E-state index in [1.54, 1.807) is 0 Å². The molecular formula is C16H16N4. The quantitative estimate of drug-likeness (QED) is 0.733. The van der Waals surface area contributed by atoms with Crippen molar-refractivity contribution in [2.45, 2.75) is 19.9 Å². The fraction of sp³-hybridized carbons (Fsp3) is 0.250. The molecule has 4 rings (SSSR count). The zero-order valence-electron chi connectivity index (χ0n) is 11.4. The average molecular weight is 264 g/mol. The number of aryl methyl sites for hydroxylation is 1. The van der Waals surface area contributed by atoms with Gasteiger partial charge >= 0.3 is 0 Å². The summed E-state index contributed by atoms with van der Waals surface area (Å²) in [4.78, 5) is 4.65. The lowest BCUT2D eigenvalue weighted by molar-refractivity contribution is 0.609. The van der Waals surface area contributed by atoms with Crippen LogP contribution in [0.2, 0.25) is 0 Å². The van der Waals surface area contributed by atoms with Crippen LogP contribution in [-0.4, -0.2) is 21.1 Å². The van der Waals surface area contributed by atoms with Gasteiger partial charge in [-0.15, -0.1) is 0 Å². The lowest BCUT2D eigenvalue weighted by atomic mass is 10.1. The summed E-state index contributed by atoms with van der Waals surface area (Å²) in [5, 5.41) is 8.11. The Hall–Kier alpha value is -2.20. The molecule has 4 heteroatoms. The Bertz CT molecular complexity index is 774. The Morgan fingerprint density at radius 3 is 2.90 bits per heavy atom. The van der Waals surface area contributed by atoms with Gasteiger partial charge in [-0.3, -0.25) is 0 Å². The Kier molecular flexibility index (Phi) is 2.57. The number of hydrogen-bond acceptors (Lipinski definition) is 3. The van der Waals surface area contributed by atoms with Crippen molar-refractivity contribution in [3.63, 3.8) is 0 Å². The van der Waals surface area contributed by atoms with Crippen molar-refractivity contribution in [3.05, 3.63) is 53.5 Å². The van der Waals surface area contributed by atoms with Gasteiger partial charge in [0, 0.05) is 36.8 Å². The first-order valence-electron chi connectivity index (χ1n) is 6.97. The summed E-state index contributed by atoms with van der Waals surface area (Å²) < 4.78 is 2.04. The Morgan fingerprint density at radius 1 is 1.20 bits per heavy atom. The largest absolute Gasteiger partial charge is 0.312 e. The number of nitrogens with zero attached hydrogens (tertiary/aromatic N) is 3. The molecule has 100 valence electrons. The van der Waals surface area contributed by atoms with E-state index >= 15 is 0 Å². The number of fused-ring (bicyclic) bond motifs is 3. The maximum atomic E-state index is 4.73. The predicted octanol–water partition coefficient (Wildman–Crippen LogP) is 2.35. The molecule has 2 aromatic heterocycles. The molecule has 1 aliphatic heterocycles. The van der Waals surface area contributed by atoms with Crippen molar-refractivity contribution in [2.75, 3.05) is 6.54 Å². The highest BCUT2D eigenvalue weighted by atomic mass is 15.3. The second-order valence-electron chi connectivity index (χ2n) is 5.22. The van der Waals surface area contributed by atoms with Gasteiger partial charge in [0.1, 0.15) is 0 Å². The van der Waals surface area contributed by atoms with Gasteiger partial charge < -0.3 is 5.32 Å². The van der Waals surface area contributed by atoms with Crippen LogP contribution in [0.15, 0.2) is 36.5 Å². The smallest absolute Gasteiger partial charge is 0.163 e. The summed E-state index contributed by atoms with van der Waals surface area (Å²) in [5.74, 6) is 0. The third-order valence-electron chi connectivity index (χ3n) is 3.92. The van der Waals surface area contributed by atoms with E-state index in [-0.39, 0.29) is 0 Å². The van der Waals surface area contributed by atoms with Crippen molar-refractivity contribution >= 4 is 5.65 Å². The molecule has 0 saturated carbocycles. The summed E-state index contributed by atoms with van der Waals surface area (Å²) in [7, 11) is 0. The van der Waals surface area contributed by atoms with Gasteiger partial charge in [-0.2, -0.15) is 5.10 Å². The van der Waals surface area contributed by atoms with Gasteiger partial charge in [0.25, 0.3) is 0 Å². The van der Waals surface area contributed by atoms with E-state index in [1.165, 1.54) is 16.8 Å². The van der Waals surface area contributed by atoms with Crippen LogP contribution in [0, 0.1) is 6.92 Å². The summed E-state index contributed by atoms with van der Waals surface area (Å²) in [6.07, 6.45) is 2.99. The summed E-state index contributed by atoms with van der Waals surface area (Å²) in [6, 6.07) is 10.4. The topological polar surface area (TPSA) is 42.2 Å². The second kappa shape index (κ2) is 4.42. The fourth-order valence-electron chi connectivity index (χ4n) is 2.96. The molecule has 3 aromatic rings. The van der Waals surface area contributed by atoms with E-state index in [2.05, 4.69) is 41.5 Å². The molecule has 0 unspecified atom stereocenters. The molecule has 0 radical (unpaired) electrons. The van der Waals surface area contributed by atoms with Gasteiger partial charge in [-0.1, -0.05) is 30.3 Å². The fourth-order valence-corrected chi connectivity index (χ4v) is 2.96. The van der Waals surface area contributed by atoms with Crippen molar-refractivity contribution in [1.82, 2.24) is 19.9 Å². The second-order valence-corrected chi connectivity index (χ2v) is 5.22. The first kappa shape index (κ1) is 11.6. The number of aromatic nitrogens is 3. The molecule has 0 fully saturated rings. The predicted molar refractivity (Wildman–Crippen MR) is 78.6 cm³/mol. The van der Waals surface area contributed by atoms with Crippen LogP contribution < -0.4 is 5.32 Å². The Labute approximate surface area is 117 Å². The first-order chi connectivity index (χ1) is 9.84. The average Bonchev–Trinajstić information content (AvgIpc) is 2.84. The number of rotatable bonds is 1. The van der Waals surface area contributed by atoms with Crippen LogP contribution >= 0.6 is 0 Å². The lowest BCUT2D eigenvalue weighted by Crippen LogP contribution is -2.26. The van der Waals surface area contributed by atoms with Crippen LogP contribution in [0.25, 0.3) is 16.8 Å². The van der Waals surface area contributed by atoms with Gasteiger partial charge in [0.05, 0.1) is 11.4 Å². The van der Waals surface area contributed by atoms with Crippen LogP contribution in [-0.2, 0) is 13.0 Å². The highest BCUT2D eigenvalue weighted by Gasteiger charge is 2.18. The molecule has 1 N–H and O–H groups in total. The summed E-state index contributed by atoms with van der Waals surface area (Å²) >= 11 is 0. The third-order valence-corrected chi connectivity index (χ3v) is 3.92. The van der Waals surface area contributed by atoms with E-state index in [0.29, 0.717) is 0 Å². The van der Waals surface area contributed by atoms with Crippen molar-refractivity contribution in [1.29, 1.82) is 0 Å². The number of benzene rings is 1. The standard InChI is InChI=1S/C16H16N4/c1-11-15(12-5-3-2-4-6-12)16-18-10-13-9-17-8-7-14(13)20(16)19-11/h2-6,10,17H,7-9H2,1H3. The monoisotopic (exact) mass is 264 g/mol. The Morgan fingerprint density at radius 2 is 2.05 bits per heavy atom. The molecule has 1 aliphatic rings. The van der Waals surface area contributed by atoms with Crippen LogP contribution in [0.4, 0.5) is 0 Å². The van der Waals surface area contributed by atoms with E-state index in [4.69, 9.17) is 5.10 Å². The van der Waals surface area contributed by atoms with Crippen LogP contribution in [0.1, 0.15) is 17.0 Å². The molecule has 0 spiro atoms. The van der Waals surface area contributed by atoms with Gasteiger partial charge in [0.15, 0.2) is 5.65 Å². The molecule has 0 saturated heterocycles. The van der Waals surface area contributed by atoms with E-state index in [1.807, 2.05) is 16.8 Å². The van der Waals surface area contributed by atoms with Gasteiger partial charge in [0.2, 0.25) is 0 Å². The summed E-state index contributed by atoms with van der Waals surface area (Å²) in [6.45, 7) is 3.95. The van der Waals surface area contributed by atoms with Crippen LogP contribution in [0.5, 0.6) is 0 Å². The maximum absolute atomic E-state index is 4.73. The molecule has 4 nitrogen and oxygen atoms in total. The van der Waals surface area contributed by atoms with E-state index in [9.17, 15) is 0 Å². The number of nitrogens with one attached hydrogen (secondary N) is 1. The normalized spacial score (nSPS) is 14.4. The molecule has 0 amide bonds. The highest BCUT2D eigenvalue weighted by molar-refractivity contribution is 5.79. The summed E-state index contributed by atoms with van der Waals surface area (Å²) in [5.41, 5.74) is 6.88. The molecular weight excluding hydrogens is 248 g/mol.